The number of hydrogen-bond acceptors (Lipinski definition) is 5. The molecule has 0 unspecified atom stereocenters. The van der Waals surface area contributed by atoms with E-state index in [4.69, 9.17) is 21.7 Å². The molecule has 0 aliphatic heterocycles. The third kappa shape index (κ3) is 6.95. The topological polar surface area (TPSA) is 88.7 Å². The first-order chi connectivity index (χ1) is 13.0. The second-order valence-corrected chi connectivity index (χ2v) is 6.04. The van der Waals surface area contributed by atoms with E-state index >= 15 is 0 Å². The Morgan fingerprint density at radius 1 is 1.00 bits per heavy atom. The molecule has 0 spiro atoms. The van der Waals surface area contributed by atoms with Crippen molar-refractivity contribution in [1.29, 1.82) is 0 Å². The van der Waals surface area contributed by atoms with Gasteiger partial charge in [0.05, 0.1) is 13.5 Å². The highest BCUT2D eigenvalue weighted by atomic mass is 32.1. The lowest BCUT2D eigenvalue weighted by atomic mass is 10.1. The molecule has 0 aromatic heterocycles. The molecule has 0 saturated heterocycles. The molecule has 0 aliphatic rings. The molecule has 0 saturated carbocycles. The standard InChI is InChI=1S/C19H21N3O4S/c1-13-5-3-4-6-16(13)26-12-18(24)21-22-19(27)20-17(23)11-14-7-9-15(25-2)10-8-14/h3-10H,11-12H2,1-2H3,(H,21,24)(H2,20,22,23,27). The molecule has 2 amide bonds. The van der Waals surface area contributed by atoms with Crippen LogP contribution in [0, 0.1) is 6.92 Å². The zero-order valence-electron chi connectivity index (χ0n) is 15.1. The van der Waals surface area contributed by atoms with Crippen molar-refractivity contribution in [3.63, 3.8) is 0 Å². The van der Waals surface area contributed by atoms with E-state index in [1.165, 1.54) is 0 Å². The monoisotopic (exact) mass is 387 g/mol. The molecule has 0 atom stereocenters. The minimum Gasteiger partial charge on any atom is -0.497 e. The number of benzene rings is 2. The first-order valence-electron chi connectivity index (χ1n) is 8.18. The normalized spacial score (nSPS) is 9.85. The van der Waals surface area contributed by atoms with Crippen molar-refractivity contribution >= 4 is 29.1 Å². The lowest BCUT2D eigenvalue weighted by molar-refractivity contribution is -0.124. The number of thiocarbonyl (C=S) groups is 1. The summed E-state index contributed by atoms with van der Waals surface area (Å²) in [5.74, 6) is 0.614. The molecular weight excluding hydrogens is 366 g/mol. The van der Waals surface area contributed by atoms with Crippen LogP contribution in [0.15, 0.2) is 48.5 Å². The Bertz CT molecular complexity index is 809. The van der Waals surface area contributed by atoms with E-state index in [-0.39, 0.29) is 24.0 Å². The Labute approximate surface area is 163 Å². The number of amides is 2. The number of nitrogens with one attached hydrogen (secondary N) is 3. The maximum Gasteiger partial charge on any atom is 0.276 e. The van der Waals surface area contributed by atoms with Gasteiger partial charge in [-0.05, 0) is 48.5 Å². The van der Waals surface area contributed by atoms with E-state index in [0.29, 0.717) is 11.5 Å². The van der Waals surface area contributed by atoms with Crippen LogP contribution in [0.25, 0.3) is 0 Å². The molecular formula is C19H21N3O4S. The second-order valence-electron chi connectivity index (χ2n) is 5.63. The molecule has 27 heavy (non-hydrogen) atoms. The molecule has 8 heteroatoms. The van der Waals surface area contributed by atoms with Crippen molar-refractivity contribution in [2.24, 2.45) is 0 Å². The van der Waals surface area contributed by atoms with Crippen molar-refractivity contribution < 1.29 is 19.1 Å². The smallest absolute Gasteiger partial charge is 0.276 e. The van der Waals surface area contributed by atoms with E-state index in [1.54, 1.807) is 37.4 Å². The summed E-state index contributed by atoms with van der Waals surface area (Å²) in [5.41, 5.74) is 6.58. The summed E-state index contributed by atoms with van der Waals surface area (Å²) >= 11 is 4.98. The average molecular weight is 387 g/mol. The molecule has 142 valence electrons. The van der Waals surface area contributed by atoms with Crippen LogP contribution in [-0.4, -0.2) is 30.6 Å². The summed E-state index contributed by atoms with van der Waals surface area (Å²) in [4.78, 5) is 23.7. The van der Waals surface area contributed by atoms with E-state index in [2.05, 4.69) is 16.2 Å². The van der Waals surface area contributed by atoms with Gasteiger partial charge in [-0.1, -0.05) is 30.3 Å². The van der Waals surface area contributed by atoms with Crippen LogP contribution in [0.4, 0.5) is 0 Å². The molecule has 7 nitrogen and oxygen atoms in total. The average Bonchev–Trinajstić information content (AvgIpc) is 2.66. The quantitative estimate of drug-likeness (QED) is 0.516. The number of carbonyl (C=O) groups excluding carboxylic acids is 2. The fourth-order valence-corrected chi connectivity index (χ4v) is 2.32. The lowest BCUT2D eigenvalue weighted by Gasteiger charge is -2.12. The minimum atomic E-state index is -0.426. The number of methoxy groups -OCH3 is 1. The Hall–Kier alpha value is -3.13. The van der Waals surface area contributed by atoms with Gasteiger partial charge in [0.25, 0.3) is 5.91 Å². The van der Waals surface area contributed by atoms with Crippen LogP contribution < -0.4 is 25.6 Å². The fourth-order valence-electron chi connectivity index (χ4n) is 2.16. The van der Waals surface area contributed by atoms with Gasteiger partial charge in [0.2, 0.25) is 5.91 Å². The van der Waals surface area contributed by atoms with Gasteiger partial charge in [0.1, 0.15) is 11.5 Å². The van der Waals surface area contributed by atoms with Crippen LogP contribution in [0.1, 0.15) is 11.1 Å². The minimum absolute atomic E-state index is 0.00208. The number of aryl methyl sites for hydroxylation is 1. The van der Waals surface area contributed by atoms with Gasteiger partial charge in [0, 0.05) is 0 Å². The molecule has 2 aromatic rings. The number of hydrogen-bond donors (Lipinski definition) is 3. The van der Waals surface area contributed by atoms with E-state index in [1.807, 2.05) is 25.1 Å². The molecule has 0 fully saturated rings. The molecule has 0 heterocycles. The predicted octanol–water partition coefficient (Wildman–Crippen LogP) is 1.65. The highest BCUT2D eigenvalue weighted by Crippen LogP contribution is 2.15. The van der Waals surface area contributed by atoms with Crippen molar-refractivity contribution in [2.45, 2.75) is 13.3 Å². The summed E-state index contributed by atoms with van der Waals surface area (Å²) < 4.78 is 10.5. The number of rotatable bonds is 6. The van der Waals surface area contributed by atoms with Gasteiger partial charge in [-0.3, -0.25) is 20.4 Å². The van der Waals surface area contributed by atoms with E-state index in [9.17, 15) is 9.59 Å². The van der Waals surface area contributed by atoms with Crippen LogP contribution in [0.5, 0.6) is 11.5 Å². The summed E-state index contributed by atoms with van der Waals surface area (Å²) in [7, 11) is 1.58. The number of hydrazine groups is 1. The maximum absolute atomic E-state index is 12.0. The molecule has 0 aliphatic carbocycles. The van der Waals surface area contributed by atoms with Gasteiger partial charge in [-0.25, -0.2) is 0 Å². The highest BCUT2D eigenvalue weighted by Gasteiger charge is 2.08. The van der Waals surface area contributed by atoms with E-state index < -0.39 is 5.91 Å². The van der Waals surface area contributed by atoms with Gasteiger partial charge >= 0.3 is 0 Å². The second kappa shape index (κ2) is 10.1. The first-order valence-corrected chi connectivity index (χ1v) is 8.59. The Morgan fingerprint density at radius 2 is 1.70 bits per heavy atom. The Balaban J connectivity index is 1.69. The van der Waals surface area contributed by atoms with Crippen molar-refractivity contribution in [3.05, 3.63) is 59.7 Å². The largest absolute Gasteiger partial charge is 0.497 e. The maximum atomic E-state index is 12.0. The third-order valence-corrected chi connectivity index (χ3v) is 3.75. The fraction of sp³-hybridized carbons (Fsp3) is 0.211. The van der Waals surface area contributed by atoms with Crippen LogP contribution in [-0.2, 0) is 16.0 Å². The van der Waals surface area contributed by atoms with Gasteiger partial charge in [-0.15, -0.1) is 0 Å². The molecule has 0 bridgehead atoms. The van der Waals surface area contributed by atoms with Crippen LogP contribution >= 0.6 is 12.2 Å². The molecule has 3 N–H and O–H groups in total. The summed E-state index contributed by atoms with van der Waals surface area (Å²) in [6, 6.07) is 14.5. The Kier molecular flexibility index (Phi) is 7.57. The number of para-hydroxylation sites is 1. The first kappa shape index (κ1) is 20.2. The number of carbonyl (C=O) groups is 2. The number of ether oxygens (including phenoxy) is 2. The van der Waals surface area contributed by atoms with Crippen LogP contribution in [0.3, 0.4) is 0 Å². The third-order valence-electron chi connectivity index (χ3n) is 3.54. The van der Waals surface area contributed by atoms with Gasteiger partial charge < -0.3 is 14.8 Å². The Morgan fingerprint density at radius 3 is 2.37 bits per heavy atom. The summed E-state index contributed by atoms with van der Waals surface area (Å²) in [6.45, 7) is 1.71. The van der Waals surface area contributed by atoms with Crippen molar-refractivity contribution in [2.75, 3.05) is 13.7 Å². The van der Waals surface area contributed by atoms with E-state index in [0.717, 1.165) is 11.1 Å². The van der Waals surface area contributed by atoms with Gasteiger partial charge in [-0.2, -0.15) is 0 Å². The SMILES string of the molecule is COc1ccc(CC(=O)NC(=S)NNC(=O)COc2ccccc2C)cc1. The molecule has 0 radical (unpaired) electrons. The lowest BCUT2D eigenvalue weighted by Crippen LogP contribution is -2.49. The van der Waals surface area contributed by atoms with Crippen molar-refractivity contribution in [3.8, 4) is 11.5 Å². The molecule has 2 aromatic carbocycles. The highest BCUT2D eigenvalue weighted by molar-refractivity contribution is 7.80. The van der Waals surface area contributed by atoms with Crippen molar-refractivity contribution in [1.82, 2.24) is 16.2 Å². The van der Waals surface area contributed by atoms with Crippen LogP contribution in [0.2, 0.25) is 0 Å². The summed E-state index contributed by atoms with van der Waals surface area (Å²) in [5, 5.41) is 2.49. The summed E-state index contributed by atoms with van der Waals surface area (Å²) in [6.07, 6.45) is 0.149. The molecule has 2 rings (SSSR count). The predicted molar refractivity (Wildman–Crippen MR) is 105 cm³/mol. The van der Waals surface area contributed by atoms with Gasteiger partial charge in [0.15, 0.2) is 11.7 Å². The zero-order chi connectivity index (χ0) is 19.6. The zero-order valence-corrected chi connectivity index (χ0v) is 15.9.